The lowest BCUT2D eigenvalue weighted by Crippen LogP contribution is -1.91. The number of hydrogen-bond acceptors (Lipinski definition) is 2. The largest absolute Gasteiger partial charge is 0.135 e. The summed E-state index contributed by atoms with van der Waals surface area (Å²) in [6.07, 6.45) is 0. The van der Waals surface area contributed by atoms with Gasteiger partial charge in [0.15, 0.2) is 0 Å². The Morgan fingerprint density at radius 3 is 1.25 bits per heavy atom. The van der Waals surface area contributed by atoms with Crippen molar-refractivity contribution in [1.29, 1.82) is 0 Å². The van der Waals surface area contributed by atoms with Crippen molar-refractivity contribution in [2.75, 3.05) is 0 Å². The first-order valence-corrected chi connectivity index (χ1v) is 22.2. The van der Waals surface area contributed by atoms with Crippen LogP contribution in [0.15, 0.2) is 206 Å². The summed E-state index contributed by atoms with van der Waals surface area (Å²) in [7, 11) is 0. The molecule has 0 bridgehead atoms. The van der Waals surface area contributed by atoms with Crippen molar-refractivity contribution in [3.63, 3.8) is 0 Å². The van der Waals surface area contributed by atoms with Crippen molar-refractivity contribution in [3.8, 4) is 44.5 Å². The van der Waals surface area contributed by atoms with E-state index < -0.39 is 0 Å². The van der Waals surface area contributed by atoms with E-state index in [1.165, 1.54) is 128 Å². The van der Waals surface area contributed by atoms with E-state index in [9.17, 15) is 0 Å². The molecule has 0 unspecified atom stereocenters. The van der Waals surface area contributed by atoms with Gasteiger partial charge in [-0.15, -0.1) is 22.7 Å². The normalized spacial score (nSPS) is 12.0. The van der Waals surface area contributed by atoms with Crippen LogP contribution in [0.5, 0.6) is 0 Å². The van der Waals surface area contributed by atoms with Crippen molar-refractivity contribution in [3.05, 3.63) is 206 Å². The fraction of sp³-hybridized carbons (Fsp3) is 0. The third kappa shape index (κ3) is 4.96. The summed E-state index contributed by atoms with van der Waals surface area (Å²) in [6, 6.07) is 76.8. The summed E-state index contributed by atoms with van der Waals surface area (Å²) in [5.41, 5.74) is 10.2. The minimum absolute atomic E-state index is 1.25. The molecular weight excluding hydrogens is 761 g/mol. The van der Waals surface area contributed by atoms with Crippen LogP contribution in [0, 0.1) is 0 Å². The van der Waals surface area contributed by atoms with E-state index in [0.717, 1.165) is 0 Å². The summed E-state index contributed by atoms with van der Waals surface area (Å²) >= 11 is 3.78. The zero-order valence-corrected chi connectivity index (χ0v) is 34.1. The van der Waals surface area contributed by atoms with Crippen molar-refractivity contribution in [2.45, 2.75) is 0 Å². The summed E-state index contributed by atoms with van der Waals surface area (Å²) < 4.78 is 5.27. The molecule has 13 rings (SSSR count). The van der Waals surface area contributed by atoms with Gasteiger partial charge in [-0.2, -0.15) is 0 Å². The minimum atomic E-state index is 1.25. The number of hydrogen-bond donors (Lipinski definition) is 0. The van der Waals surface area contributed by atoms with Crippen LogP contribution >= 0.6 is 22.7 Å². The molecule has 13 aromatic rings. The highest BCUT2D eigenvalue weighted by Crippen LogP contribution is 2.50. The van der Waals surface area contributed by atoms with E-state index in [1.54, 1.807) is 0 Å². The first-order chi connectivity index (χ1) is 29.8. The summed E-state index contributed by atoms with van der Waals surface area (Å²) in [5.74, 6) is 0. The fourth-order valence-electron chi connectivity index (χ4n) is 10.2. The molecule has 0 nitrogen and oxygen atoms in total. The average Bonchev–Trinajstić information content (AvgIpc) is 3.88. The smallest absolute Gasteiger partial charge is 0.0361 e. The van der Waals surface area contributed by atoms with Gasteiger partial charge in [0.1, 0.15) is 0 Å². The maximum Gasteiger partial charge on any atom is 0.0361 e. The van der Waals surface area contributed by atoms with Crippen LogP contribution in [-0.4, -0.2) is 0 Å². The van der Waals surface area contributed by atoms with Crippen LogP contribution in [0.4, 0.5) is 0 Å². The summed E-state index contributed by atoms with van der Waals surface area (Å²) in [6.45, 7) is 0. The van der Waals surface area contributed by atoms with Crippen molar-refractivity contribution in [2.24, 2.45) is 0 Å². The van der Waals surface area contributed by atoms with Gasteiger partial charge >= 0.3 is 0 Å². The van der Waals surface area contributed by atoms with Crippen molar-refractivity contribution >= 4 is 106 Å². The Morgan fingerprint density at radius 2 is 0.650 bits per heavy atom. The van der Waals surface area contributed by atoms with Gasteiger partial charge in [-0.1, -0.05) is 176 Å². The molecule has 60 heavy (non-hydrogen) atoms. The second kappa shape index (κ2) is 13.2. The standard InChI is InChI=1S/C58H34S2/c1-2-15-35(16-3-1)54-39-17-4-6-19-41(39)56(42-20-7-5-18-40(42)54)37-29-31-38-49-33-36(30-32-51(49)60-53(38)34-37)55-43-21-8-10-23-45(43)57(46-24-11-9-22-44(46)55)48-26-14-28-52-58(48)47-25-12-13-27-50(47)59-52/h1-34H. The summed E-state index contributed by atoms with van der Waals surface area (Å²) in [4.78, 5) is 0. The molecule has 11 aromatic carbocycles. The van der Waals surface area contributed by atoms with Crippen molar-refractivity contribution in [1.82, 2.24) is 0 Å². The Kier molecular flexibility index (Phi) is 7.45. The van der Waals surface area contributed by atoms with E-state index in [-0.39, 0.29) is 0 Å². The molecule has 0 aliphatic carbocycles. The number of rotatable bonds is 4. The Hall–Kier alpha value is -7.10. The van der Waals surface area contributed by atoms with E-state index in [4.69, 9.17) is 0 Å². The lowest BCUT2D eigenvalue weighted by Gasteiger charge is -2.18. The average molecular weight is 795 g/mol. The quantitative estimate of drug-likeness (QED) is 0.156. The number of thiophene rings is 2. The van der Waals surface area contributed by atoms with E-state index >= 15 is 0 Å². The SMILES string of the molecule is c1ccc(-c2c3ccccc3c(-c3ccc4c(c3)sc3ccc(-c5c6ccccc6c(-c6cccc7sc8ccccc8c67)c6ccccc56)cc34)c3ccccc23)cc1. The Balaban J connectivity index is 1.02. The van der Waals surface area contributed by atoms with Gasteiger partial charge in [0.25, 0.3) is 0 Å². The third-order valence-electron chi connectivity index (χ3n) is 12.6. The highest BCUT2D eigenvalue weighted by molar-refractivity contribution is 7.26. The minimum Gasteiger partial charge on any atom is -0.135 e. The molecule has 0 atom stereocenters. The maximum absolute atomic E-state index is 2.45. The highest BCUT2D eigenvalue weighted by Gasteiger charge is 2.21. The number of benzene rings is 11. The Bertz CT molecular complexity index is 3770. The van der Waals surface area contributed by atoms with Gasteiger partial charge in [0, 0.05) is 40.3 Å². The molecule has 0 amide bonds. The van der Waals surface area contributed by atoms with Crippen LogP contribution in [0.2, 0.25) is 0 Å². The predicted octanol–water partition coefficient (Wildman–Crippen LogP) is 17.7. The van der Waals surface area contributed by atoms with Gasteiger partial charge in [-0.3, -0.25) is 0 Å². The zero-order chi connectivity index (χ0) is 39.3. The zero-order valence-electron chi connectivity index (χ0n) is 32.4. The molecule has 0 fully saturated rings. The molecule has 0 N–H and O–H groups in total. The van der Waals surface area contributed by atoms with Crippen LogP contribution in [0.1, 0.15) is 0 Å². The molecular formula is C58H34S2. The molecule has 0 saturated carbocycles. The van der Waals surface area contributed by atoms with Crippen LogP contribution in [0.25, 0.3) is 128 Å². The molecule has 278 valence electrons. The Labute approximate surface area is 354 Å². The molecule has 2 heterocycles. The predicted molar refractivity (Wildman–Crippen MR) is 264 cm³/mol. The second-order valence-electron chi connectivity index (χ2n) is 15.8. The topological polar surface area (TPSA) is 0 Å². The first-order valence-electron chi connectivity index (χ1n) is 20.6. The molecule has 0 radical (unpaired) electrons. The molecule has 0 aliphatic rings. The van der Waals surface area contributed by atoms with Crippen LogP contribution < -0.4 is 0 Å². The second-order valence-corrected chi connectivity index (χ2v) is 18.0. The molecule has 2 aromatic heterocycles. The van der Waals surface area contributed by atoms with E-state index in [2.05, 4.69) is 206 Å². The number of fused-ring (bicyclic) bond motifs is 10. The van der Waals surface area contributed by atoms with Gasteiger partial charge < -0.3 is 0 Å². The molecule has 2 heteroatoms. The summed E-state index contributed by atoms with van der Waals surface area (Å²) in [5, 5.41) is 15.5. The Morgan fingerprint density at radius 1 is 0.217 bits per heavy atom. The monoisotopic (exact) mass is 794 g/mol. The van der Waals surface area contributed by atoms with Gasteiger partial charge in [0.05, 0.1) is 0 Å². The molecule has 0 spiro atoms. The van der Waals surface area contributed by atoms with E-state index in [1.807, 2.05) is 22.7 Å². The lowest BCUT2D eigenvalue weighted by molar-refractivity contribution is 1.66. The lowest BCUT2D eigenvalue weighted by atomic mass is 9.84. The first kappa shape index (κ1) is 33.8. The molecule has 0 saturated heterocycles. The van der Waals surface area contributed by atoms with Gasteiger partial charge in [-0.25, -0.2) is 0 Å². The maximum atomic E-state index is 2.45. The van der Waals surface area contributed by atoms with Gasteiger partial charge in [0.2, 0.25) is 0 Å². The molecule has 0 aliphatic heterocycles. The third-order valence-corrected chi connectivity index (χ3v) is 14.9. The van der Waals surface area contributed by atoms with Crippen LogP contribution in [-0.2, 0) is 0 Å². The van der Waals surface area contributed by atoms with Crippen molar-refractivity contribution < 1.29 is 0 Å². The van der Waals surface area contributed by atoms with Crippen LogP contribution in [0.3, 0.4) is 0 Å². The highest BCUT2D eigenvalue weighted by atomic mass is 32.1. The van der Waals surface area contributed by atoms with Gasteiger partial charge in [-0.05, 0) is 118 Å². The fourth-order valence-corrected chi connectivity index (χ4v) is 12.4. The van der Waals surface area contributed by atoms with E-state index in [0.29, 0.717) is 0 Å².